The first-order valence-corrected chi connectivity index (χ1v) is 8.74. The molecule has 0 radical (unpaired) electrons. The fourth-order valence-electron chi connectivity index (χ4n) is 3.32. The van der Waals surface area contributed by atoms with Crippen LogP contribution in [0.5, 0.6) is 0 Å². The Morgan fingerprint density at radius 2 is 2.24 bits per heavy atom. The maximum absolute atomic E-state index is 12.5. The van der Waals surface area contributed by atoms with Crippen LogP contribution in [0.2, 0.25) is 0 Å². The summed E-state index contributed by atoms with van der Waals surface area (Å²) >= 11 is 1.65. The van der Waals surface area contributed by atoms with E-state index in [0.29, 0.717) is 19.7 Å². The van der Waals surface area contributed by atoms with Gasteiger partial charge in [-0.15, -0.1) is 0 Å². The Kier molecular flexibility index (Phi) is 4.62. The number of aliphatic hydroxyl groups is 1. The molecule has 5 heteroatoms. The van der Waals surface area contributed by atoms with E-state index >= 15 is 0 Å². The Morgan fingerprint density at radius 1 is 1.43 bits per heavy atom. The van der Waals surface area contributed by atoms with Gasteiger partial charge in [0, 0.05) is 6.54 Å². The van der Waals surface area contributed by atoms with Crippen molar-refractivity contribution < 1.29 is 14.6 Å². The highest BCUT2D eigenvalue weighted by Gasteiger charge is 2.35. The van der Waals surface area contributed by atoms with Crippen LogP contribution in [0.1, 0.15) is 50.2 Å². The lowest BCUT2D eigenvalue weighted by Gasteiger charge is -2.37. The van der Waals surface area contributed by atoms with Crippen molar-refractivity contribution in [1.82, 2.24) is 4.90 Å². The standard InChI is InChI=1S/C16H23NO3S/c18-15(10-16(19)5-2-1-3-6-16)17-7-8-20-14(11-17)13-4-9-21-12-13/h4,9,12,14,19H,1-3,5-8,10-11H2. The predicted molar refractivity (Wildman–Crippen MR) is 82.2 cm³/mol. The van der Waals surface area contributed by atoms with Gasteiger partial charge in [-0.1, -0.05) is 19.3 Å². The second-order valence-electron chi connectivity index (χ2n) is 6.22. The molecule has 21 heavy (non-hydrogen) atoms. The molecule has 1 atom stereocenters. The maximum Gasteiger partial charge on any atom is 0.225 e. The number of thiophene rings is 1. The van der Waals surface area contributed by atoms with Crippen LogP contribution in [0.15, 0.2) is 16.8 Å². The molecular formula is C16H23NO3S. The fourth-order valence-corrected chi connectivity index (χ4v) is 4.02. The average Bonchev–Trinajstić information content (AvgIpc) is 3.02. The van der Waals surface area contributed by atoms with Crippen LogP contribution < -0.4 is 0 Å². The van der Waals surface area contributed by atoms with Gasteiger partial charge in [0.1, 0.15) is 6.10 Å². The zero-order chi connectivity index (χ0) is 14.7. The third-order valence-corrected chi connectivity index (χ3v) is 5.30. The molecule has 1 aliphatic carbocycles. The number of hydrogen-bond acceptors (Lipinski definition) is 4. The van der Waals surface area contributed by atoms with Crippen molar-refractivity contribution in [3.63, 3.8) is 0 Å². The normalized spacial score (nSPS) is 25.8. The molecule has 2 heterocycles. The molecule has 2 fully saturated rings. The molecule has 1 saturated carbocycles. The van der Waals surface area contributed by atoms with Gasteiger partial charge in [0.2, 0.25) is 5.91 Å². The van der Waals surface area contributed by atoms with Crippen LogP contribution in [0.4, 0.5) is 0 Å². The summed E-state index contributed by atoms with van der Waals surface area (Å²) in [6.07, 6.45) is 5.01. The number of hydrogen-bond donors (Lipinski definition) is 1. The second-order valence-corrected chi connectivity index (χ2v) is 7.00. The number of rotatable bonds is 3. The zero-order valence-corrected chi connectivity index (χ0v) is 13.1. The van der Waals surface area contributed by atoms with Crippen molar-refractivity contribution in [1.29, 1.82) is 0 Å². The summed E-state index contributed by atoms with van der Waals surface area (Å²) in [7, 11) is 0. The lowest BCUT2D eigenvalue weighted by molar-refractivity contribution is -0.145. The number of ether oxygens (including phenoxy) is 1. The van der Waals surface area contributed by atoms with Crippen LogP contribution in [-0.2, 0) is 9.53 Å². The topological polar surface area (TPSA) is 49.8 Å². The summed E-state index contributed by atoms with van der Waals surface area (Å²) in [6.45, 7) is 1.81. The highest BCUT2D eigenvalue weighted by molar-refractivity contribution is 7.07. The first-order chi connectivity index (χ1) is 10.2. The molecule has 0 bridgehead atoms. The monoisotopic (exact) mass is 309 g/mol. The van der Waals surface area contributed by atoms with Crippen LogP contribution in [-0.4, -0.2) is 41.2 Å². The van der Waals surface area contributed by atoms with Gasteiger partial charge in [0.25, 0.3) is 0 Å². The van der Waals surface area contributed by atoms with E-state index in [1.807, 2.05) is 10.3 Å². The number of amides is 1. The number of carbonyl (C=O) groups is 1. The van der Waals surface area contributed by atoms with Gasteiger partial charge in [-0.3, -0.25) is 4.79 Å². The van der Waals surface area contributed by atoms with E-state index in [1.165, 1.54) is 6.42 Å². The molecule has 1 saturated heterocycles. The molecule has 1 aliphatic heterocycles. The molecule has 3 rings (SSSR count). The molecular weight excluding hydrogens is 286 g/mol. The Morgan fingerprint density at radius 3 is 2.95 bits per heavy atom. The van der Waals surface area contributed by atoms with E-state index in [2.05, 4.69) is 11.4 Å². The number of morpholine rings is 1. The smallest absolute Gasteiger partial charge is 0.225 e. The molecule has 4 nitrogen and oxygen atoms in total. The number of nitrogens with zero attached hydrogens (tertiary/aromatic N) is 1. The minimum atomic E-state index is -0.772. The van der Waals surface area contributed by atoms with E-state index < -0.39 is 5.60 Å². The van der Waals surface area contributed by atoms with Gasteiger partial charge >= 0.3 is 0 Å². The molecule has 2 aliphatic rings. The van der Waals surface area contributed by atoms with Gasteiger partial charge in [0.05, 0.1) is 25.2 Å². The van der Waals surface area contributed by atoms with Crippen molar-refractivity contribution in [2.24, 2.45) is 0 Å². The quantitative estimate of drug-likeness (QED) is 0.934. The van der Waals surface area contributed by atoms with Gasteiger partial charge in [-0.25, -0.2) is 0 Å². The van der Waals surface area contributed by atoms with E-state index in [4.69, 9.17) is 4.74 Å². The average molecular weight is 309 g/mol. The molecule has 0 spiro atoms. The van der Waals surface area contributed by atoms with Crippen LogP contribution in [0, 0.1) is 0 Å². The summed E-state index contributed by atoms with van der Waals surface area (Å²) in [5.74, 6) is 0.0722. The third-order valence-electron chi connectivity index (χ3n) is 4.60. The van der Waals surface area contributed by atoms with Gasteiger partial charge in [-0.05, 0) is 35.2 Å². The Balaban J connectivity index is 1.59. The van der Waals surface area contributed by atoms with Gasteiger partial charge < -0.3 is 14.7 Å². The predicted octanol–water partition coefficient (Wildman–Crippen LogP) is 2.73. The largest absolute Gasteiger partial charge is 0.389 e. The van der Waals surface area contributed by atoms with E-state index in [0.717, 1.165) is 31.2 Å². The second kappa shape index (κ2) is 6.46. The summed E-state index contributed by atoms with van der Waals surface area (Å²) in [5.41, 5.74) is 0.375. The lowest BCUT2D eigenvalue weighted by atomic mass is 9.82. The van der Waals surface area contributed by atoms with Gasteiger partial charge in [-0.2, -0.15) is 11.3 Å². The minimum Gasteiger partial charge on any atom is -0.389 e. The minimum absolute atomic E-state index is 0.0186. The number of carbonyl (C=O) groups excluding carboxylic acids is 1. The third kappa shape index (κ3) is 3.65. The van der Waals surface area contributed by atoms with Gasteiger partial charge in [0.15, 0.2) is 0 Å². The van der Waals surface area contributed by atoms with E-state index in [9.17, 15) is 9.90 Å². The SMILES string of the molecule is O=C(CC1(O)CCCCC1)N1CCOC(c2ccsc2)C1. The maximum atomic E-state index is 12.5. The summed E-state index contributed by atoms with van der Waals surface area (Å²) < 4.78 is 5.77. The van der Waals surface area contributed by atoms with Crippen molar-refractivity contribution in [2.45, 2.75) is 50.2 Å². The van der Waals surface area contributed by atoms with E-state index in [-0.39, 0.29) is 18.4 Å². The molecule has 1 amide bonds. The van der Waals surface area contributed by atoms with Crippen molar-refractivity contribution in [2.75, 3.05) is 19.7 Å². The summed E-state index contributed by atoms with van der Waals surface area (Å²) in [4.78, 5) is 14.4. The summed E-state index contributed by atoms with van der Waals surface area (Å²) in [6, 6.07) is 2.05. The Hall–Kier alpha value is -0.910. The molecule has 1 N–H and O–H groups in total. The first kappa shape index (κ1) is 15.0. The van der Waals surface area contributed by atoms with Crippen molar-refractivity contribution in [3.05, 3.63) is 22.4 Å². The highest BCUT2D eigenvalue weighted by Crippen LogP contribution is 2.32. The summed E-state index contributed by atoms with van der Waals surface area (Å²) in [5, 5.41) is 14.7. The molecule has 1 aromatic rings. The zero-order valence-electron chi connectivity index (χ0n) is 12.3. The van der Waals surface area contributed by atoms with Crippen LogP contribution >= 0.6 is 11.3 Å². The highest BCUT2D eigenvalue weighted by atomic mass is 32.1. The van der Waals surface area contributed by atoms with E-state index in [1.54, 1.807) is 11.3 Å². The van der Waals surface area contributed by atoms with Crippen molar-refractivity contribution >= 4 is 17.2 Å². The lowest BCUT2D eigenvalue weighted by Crippen LogP contribution is -2.46. The molecule has 0 aromatic carbocycles. The Bertz CT molecular complexity index is 468. The fraction of sp³-hybridized carbons (Fsp3) is 0.688. The molecule has 1 aromatic heterocycles. The first-order valence-electron chi connectivity index (χ1n) is 7.80. The molecule has 116 valence electrons. The Labute approximate surface area is 129 Å². The van der Waals surface area contributed by atoms with Crippen LogP contribution in [0.3, 0.4) is 0 Å². The van der Waals surface area contributed by atoms with Crippen LogP contribution in [0.25, 0.3) is 0 Å². The molecule has 1 unspecified atom stereocenters. The van der Waals surface area contributed by atoms with Crippen molar-refractivity contribution in [3.8, 4) is 0 Å².